The number of aromatic nitrogens is 1. The van der Waals surface area contributed by atoms with Crippen LogP contribution >= 0.6 is 24.0 Å². The van der Waals surface area contributed by atoms with Crippen LogP contribution in [0.5, 0.6) is 5.75 Å². The third-order valence-corrected chi connectivity index (χ3v) is 4.97. The molecule has 0 bridgehead atoms. The van der Waals surface area contributed by atoms with Crippen LogP contribution in [0.4, 0.5) is 5.82 Å². The predicted octanol–water partition coefficient (Wildman–Crippen LogP) is 3.32. The Morgan fingerprint density at radius 1 is 1.30 bits per heavy atom. The molecule has 2 heterocycles. The van der Waals surface area contributed by atoms with E-state index in [9.17, 15) is 9.59 Å². The van der Waals surface area contributed by atoms with Crippen molar-refractivity contribution in [3.05, 3.63) is 59.1 Å². The summed E-state index contributed by atoms with van der Waals surface area (Å²) in [5, 5.41) is 2.65. The molecule has 2 amide bonds. The lowest BCUT2D eigenvalue weighted by atomic mass is 10.2. The predicted molar refractivity (Wildman–Crippen MR) is 110 cm³/mol. The van der Waals surface area contributed by atoms with Crippen LogP contribution in [0.2, 0.25) is 0 Å². The Labute approximate surface area is 166 Å². The van der Waals surface area contributed by atoms with Gasteiger partial charge in [0, 0.05) is 6.20 Å². The summed E-state index contributed by atoms with van der Waals surface area (Å²) in [6, 6.07) is 12.6. The molecule has 1 aliphatic heterocycles. The second-order valence-corrected chi connectivity index (χ2v) is 7.21. The maximum atomic E-state index is 12.6. The summed E-state index contributed by atoms with van der Waals surface area (Å²) in [5.74, 6) is 0.564. The number of nitrogens with zero attached hydrogens (tertiary/aromatic N) is 2. The van der Waals surface area contributed by atoms with Crippen molar-refractivity contribution in [2.45, 2.75) is 6.92 Å². The fourth-order valence-corrected chi connectivity index (χ4v) is 3.63. The zero-order valence-corrected chi connectivity index (χ0v) is 16.2. The minimum atomic E-state index is -0.354. The molecular weight excluding hydrogens is 382 g/mol. The molecule has 0 atom stereocenters. The number of hydrogen-bond acceptors (Lipinski definition) is 6. The number of carbonyl (C=O) groups excluding carboxylic acids is 2. The molecule has 1 aliphatic rings. The number of anilines is 1. The molecule has 1 fully saturated rings. The van der Waals surface area contributed by atoms with Crippen LogP contribution in [0.15, 0.2) is 53.6 Å². The van der Waals surface area contributed by atoms with E-state index in [1.165, 1.54) is 16.7 Å². The number of thioether (sulfide) groups is 1. The Hall–Kier alpha value is -2.71. The molecule has 0 unspecified atom stereocenters. The topological polar surface area (TPSA) is 71.5 Å². The SMILES string of the molecule is CCOc1ccc(C=C2SC(=S)N(CC(=O)Nc3ccccn3)C2=O)cc1. The highest BCUT2D eigenvalue weighted by atomic mass is 32.2. The molecule has 1 saturated heterocycles. The van der Waals surface area contributed by atoms with Gasteiger partial charge in [-0.05, 0) is 42.8 Å². The number of pyridine rings is 1. The first kappa shape index (κ1) is 19.1. The van der Waals surface area contributed by atoms with Gasteiger partial charge in [-0.25, -0.2) is 4.98 Å². The van der Waals surface area contributed by atoms with Crippen molar-refractivity contribution in [1.29, 1.82) is 0 Å². The van der Waals surface area contributed by atoms with Gasteiger partial charge in [0.05, 0.1) is 11.5 Å². The zero-order chi connectivity index (χ0) is 19.2. The molecule has 6 nitrogen and oxygen atoms in total. The van der Waals surface area contributed by atoms with E-state index in [1.54, 1.807) is 30.5 Å². The second-order valence-electron chi connectivity index (χ2n) is 5.53. The number of benzene rings is 1. The van der Waals surface area contributed by atoms with Gasteiger partial charge in [-0.3, -0.25) is 14.5 Å². The van der Waals surface area contributed by atoms with E-state index in [0.29, 0.717) is 21.7 Å². The van der Waals surface area contributed by atoms with E-state index in [-0.39, 0.29) is 18.4 Å². The van der Waals surface area contributed by atoms with Crippen LogP contribution in [0.1, 0.15) is 12.5 Å². The first-order chi connectivity index (χ1) is 13.1. The Morgan fingerprint density at radius 2 is 2.07 bits per heavy atom. The highest BCUT2D eigenvalue weighted by Crippen LogP contribution is 2.32. The van der Waals surface area contributed by atoms with E-state index in [4.69, 9.17) is 17.0 Å². The Kier molecular flexibility index (Phi) is 6.20. The van der Waals surface area contributed by atoms with E-state index in [2.05, 4.69) is 10.3 Å². The second kappa shape index (κ2) is 8.79. The minimum Gasteiger partial charge on any atom is -0.494 e. The number of hydrogen-bond donors (Lipinski definition) is 1. The largest absolute Gasteiger partial charge is 0.494 e. The average molecular weight is 399 g/mol. The molecular formula is C19H17N3O3S2. The fraction of sp³-hybridized carbons (Fsp3) is 0.158. The molecule has 0 saturated carbocycles. The third-order valence-electron chi connectivity index (χ3n) is 3.60. The van der Waals surface area contributed by atoms with Crippen molar-refractivity contribution in [1.82, 2.24) is 9.88 Å². The number of nitrogens with one attached hydrogen (secondary N) is 1. The summed E-state index contributed by atoms with van der Waals surface area (Å²) < 4.78 is 5.76. The number of amides is 2. The molecule has 0 aliphatic carbocycles. The van der Waals surface area contributed by atoms with Crippen LogP contribution in [0.3, 0.4) is 0 Å². The molecule has 138 valence electrons. The van der Waals surface area contributed by atoms with Crippen LogP contribution < -0.4 is 10.1 Å². The summed E-state index contributed by atoms with van der Waals surface area (Å²) in [7, 11) is 0. The fourth-order valence-electron chi connectivity index (χ4n) is 2.38. The molecule has 3 rings (SSSR count). The molecule has 1 aromatic heterocycles. The summed E-state index contributed by atoms with van der Waals surface area (Å²) in [4.78, 5) is 30.6. The summed E-state index contributed by atoms with van der Waals surface area (Å²) in [5.41, 5.74) is 0.858. The van der Waals surface area contributed by atoms with Crippen molar-refractivity contribution < 1.29 is 14.3 Å². The lowest BCUT2D eigenvalue weighted by Crippen LogP contribution is -2.36. The van der Waals surface area contributed by atoms with Crippen LogP contribution in [0.25, 0.3) is 6.08 Å². The molecule has 2 aromatic rings. The molecule has 0 spiro atoms. The van der Waals surface area contributed by atoms with E-state index >= 15 is 0 Å². The lowest BCUT2D eigenvalue weighted by Gasteiger charge is -2.13. The molecule has 1 aromatic carbocycles. The molecule has 1 N–H and O–H groups in total. The van der Waals surface area contributed by atoms with Gasteiger partial charge in [0.1, 0.15) is 22.4 Å². The first-order valence-corrected chi connectivity index (χ1v) is 9.48. The Bertz CT molecular complexity index is 883. The van der Waals surface area contributed by atoms with Gasteiger partial charge in [0.25, 0.3) is 5.91 Å². The quantitative estimate of drug-likeness (QED) is 0.594. The first-order valence-electron chi connectivity index (χ1n) is 8.26. The number of ether oxygens (including phenoxy) is 1. The maximum Gasteiger partial charge on any atom is 0.266 e. The van der Waals surface area contributed by atoms with Crippen molar-refractivity contribution in [2.75, 3.05) is 18.5 Å². The van der Waals surface area contributed by atoms with Gasteiger partial charge in [0.15, 0.2) is 0 Å². The summed E-state index contributed by atoms with van der Waals surface area (Å²) in [6.07, 6.45) is 3.33. The minimum absolute atomic E-state index is 0.151. The standard InChI is InChI=1S/C19H17N3O3S2/c1-2-25-14-8-6-13(7-9-14)11-15-18(24)22(19(26)27-15)12-17(23)21-16-5-3-4-10-20-16/h3-11H,2,12H2,1H3,(H,20,21,23). The van der Waals surface area contributed by atoms with Crippen LogP contribution in [-0.4, -0.2) is 39.2 Å². The maximum absolute atomic E-state index is 12.6. The van der Waals surface area contributed by atoms with Crippen LogP contribution in [-0.2, 0) is 9.59 Å². The summed E-state index contributed by atoms with van der Waals surface area (Å²) in [6.45, 7) is 2.36. The van der Waals surface area contributed by atoms with Crippen LogP contribution in [0, 0.1) is 0 Å². The third kappa shape index (κ3) is 4.93. The van der Waals surface area contributed by atoms with Gasteiger partial charge >= 0.3 is 0 Å². The molecule has 8 heteroatoms. The van der Waals surface area contributed by atoms with Crippen molar-refractivity contribution >= 4 is 52.0 Å². The highest BCUT2D eigenvalue weighted by molar-refractivity contribution is 8.26. The normalized spacial score (nSPS) is 15.3. The Balaban J connectivity index is 1.66. The van der Waals surface area contributed by atoms with Gasteiger partial charge in [0.2, 0.25) is 5.91 Å². The van der Waals surface area contributed by atoms with E-state index in [1.807, 2.05) is 31.2 Å². The van der Waals surface area contributed by atoms with Crippen molar-refractivity contribution in [3.8, 4) is 5.75 Å². The van der Waals surface area contributed by atoms with Gasteiger partial charge in [-0.2, -0.15) is 0 Å². The van der Waals surface area contributed by atoms with Crippen molar-refractivity contribution in [3.63, 3.8) is 0 Å². The van der Waals surface area contributed by atoms with E-state index in [0.717, 1.165) is 11.3 Å². The smallest absolute Gasteiger partial charge is 0.266 e. The van der Waals surface area contributed by atoms with Crippen molar-refractivity contribution in [2.24, 2.45) is 0 Å². The number of thiocarbonyl (C=S) groups is 1. The zero-order valence-electron chi connectivity index (χ0n) is 14.5. The molecule has 27 heavy (non-hydrogen) atoms. The lowest BCUT2D eigenvalue weighted by molar-refractivity contribution is -0.126. The van der Waals surface area contributed by atoms with Gasteiger partial charge in [-0.1, -0.05) is 42.2 Å². The van der Waals surface area contributed by atoms with Gasteiger partial charge < -0.3 is 10.1 Å². The molecule has 0 radical (unpaired) electrons. The number of rotatable bonds is 6. The highest BCUT2D eigenvalue weighted by Gasteiger charge is 2.33. The summed E-state index contributed by atoms with van der Waals surface area (Å²) >= 11 is 6.44. The Morgan fingerprint density at radius 3 is 2.74 bits per heavy atom. The van der Waals surface area contributed by atoms with E-state index < -0.39 is 0 Å². The van der Waals surface area contributed by atoms with Gasteiger partial charge in [-0.15, -0.1) is 0 Å². The number of carbonyl (C=O) groups is 2. The monoisotopic (exact) mass is 399 g/mol. The average Bonchev–Trinajstić information content (AvgIpc) is 2.92.